The minimum Gasteiger partial charge on any atom is -0.508 e. The topological polar surface area (TPSA) is 87.1 Å². The van der Waals surface area contributed by atoms with Crippen LogP contribution in [0.15, 0.2) is 72.8 Å². The number of likely N-dealkylation sites (tertiary alicyclic amines) is 1. The van der Waals surface area contributed by atoms with E-state index >= 15 is 0 Å². The first-order chi connectivity index (χ1) is 18.5. The predicted octanol–water partition coefficient (Wildman–Crippen LogP) is 6.47. The number of aliphatic carboxylic acids is 1. The van der Waals surface area contributed by atoms with E-state index < -0.39 is 5.97 Å². The summed E-state index contributed by atoms with van der Waals surface area (Å²) in [6, 6.07) is 19.6. The Morgan fingerprint density at radius 2 is 1.68 bits per heavy atom. The van der Waals surface area contributed by atoms with Gasteiger partial charge in [0, 0.05) is 38.7 Å². The van der Waals surface area contributed by atoms with Crippen molar-refractivity contribution in [2.45, 2.75) is 19.3 Å². The Morgan fingerprint density at radius 1 is 0.947 bits per heavy atom. The van der Waals surface area contributed by atoms with Gasteiger partial charge in [-0.2, -0.15) is 0 Å². The van der Waals surface area contributed by atoms with Crippen LogP contribution in [0.3, 0.4) is 0 Å². The molecular formula is C31H29NO5S. The summed E-state index contributed by atoms with van der Waals surface area (Å²) in [7, 11) is 0. The molecule has 4 aromatic rings. The largest absolute Gasteiger partial charge is 0.508 e. The first-order valence-corrected chi connectivity index (χ1v) is 13.6. The fourth-order valence-electron chi connectivity index (χ4n) is 4.75. The summed E-state index contributed by atoms with van der Waals surface area (Å²) in [5.74, 6) is -0.231. The van der Waals surface area contributed by atoms with Crippen LogP contribution in [0, 0.1) is 0 Å². The van der Waals surface area contributed by atoms with E-state index in [1.165, 1.54) is 36.7 Å². The lowest BCUT2D eigenvalue weighted by atomic mass is 9.97. The molecule has 1 aliphatic heterocycles. The second-order valence-electron chi connectivity index (χ2n) is 9.38. The molecule has 194 valence electrons. The highest BCUT2D eigenvalue weighted by Gasteiger charge is 2.22. The third-order valence-corrected chi connectivity index (χ3v) is 7.93. The maximum atomic E-state index is 13.8. The number of benzene rings is 3. The zero-order chi connectivity index (χ0) is 26.5. The lowest BCUT2D eigenvalue weighted by Gasteiger charge is -2.26. The predicted molar refractivity (Wildman–Crippen MR) is 151 cm³/mol. The lowest BCUT2D eigenvalue weighted by Crippen LogP contribution is -2.33. The van der Waals surface area contributed by atoms with Gasteiger partial charge in [0.15, 0.2) is 5.78 Å². The number of fused-ring (bicyclic) bond motifs is 1. The SMILES string of the molecule is O=C(O)/C=C/c1ccc2c(C(=O)c3ccc(OCCN4CCCCC4)cc3)c(-c3ccc(O)cc3)sc2c1. The van der Waals surface area contributed by atoms with Gasteiger partial charge in [0.05, 0.1) is 0 Å². The molecule has 1 aliphatic rings. The molecule has 0 amide bonds. The van der Waals surface area contributed by atoms with Crippen LogP contribution >= 0.6 is 11.3 Å². The average Bonchev–Trinajstić information content (AvgIpc) is 3.31. The van der Waals surface area contributed by atoms with Crippen LogP contribution in [0.5, 0.6) is 11.5 Å². The van der Waals surface area contributed by atoms with Crippen molar-refractivity contribution in [3.05, 3.63) is 89.5 Å². The highest BCUT2D eigenvalue weighted by atomic mass is 32.1. The molecule has 38 heavy (non-hydrogen) atoms. The van der Waals surface area contributed by atoms with Crippen molar-refractivity contribution in [3.8, 4) is 21.9 Å². The number of hydrogen-bond acceptors (Lipinski definition) is 6. The van der Waals surface area contributed by atoms with Crippen molar-refractivity contribution < 1.29 is 24.5 Å². The Balaban J connectivity index is 1.42. The van der Waals surface area contributed by atoms with Crippen LogP contribution in [0.2, 0.25) is 0 Å². The highest BCUT2D eigenvalue weighted by molar-refractivity contribution is 7.22. The number of hydrogen-bond donors (Lipinski definition) is 2. The molecule has 3 aromatic carbocycles. The standard InChI is InChI=1S/C31H29NO5S/c33-24-10-6-23(7-11-24)31-29(26-14-4-21(5-15-28(34)35)20-27(26)38-31)30(36)22-8-12-25(13-9-22)37-19-18-32-16-2-1-3-17-32/h4-15,20,33H,1-3,16-19H2,(H,34,35)/b15-5+. The van der Waals surface area contributed by atoms with Crippen LogP contribution in [0.1, 0.15) is 40.7 Å². The number of phenolic OH excluding ortho intramolecular Hbond substituents is 1. The zero-order valence-corrected chi connectivity index (χ0v) is 21.7. The van der Waals surface area contributed by atoms with Crippen LogP contribution < -0.4 is 4.74 Å². The summed E-state index contributed by atoms with van der Waals surface area (Å²) >= 11 is 1.47. The maximum absolute atomic E-state index is 13.8. The number of nitrogens with zero attached hydrogens (tertiary/aromatic N) is 1. The summed E-state index contributed by atoms with van der Waals surface area (Å²) in [5, 5.41) is 19.5. The van der Waals surface area contributed by atoms with Crippen LogP contribution in [-0.4, -0.2) is 53.1 Å². The van der Waals surface area contributed by atoms with Crippen molar-refractivity contribution in [1.82, 2.24) is 4.90 Å². The number of carboxylic acids is 1. The van der Waals surface area contributed by atoms with E-state index in [0.717, 1.165) is 57.5 Å². The van der Waals surface area contributed by atoms with Crippen molar-refractivity contribution in [1.29, 1.82) is 0 Å². The molecule has 0 atom stereocenters. The van der Waals surface area contributed by atoms with Crippen molar-refractivity contribution in [2.24, 2.45) is 0 Å². The smallest absolute Gasteiger partial charge is 0.328 e. The second-order valence-corrected chi connectivity index (χ2v) is 10.4. The Labute approximate surface area is 225 Å². The molecule has 6 nitrogen and oxygen atoms in total. The molecule has 1 fully saturated rings. The van der Waals surface area contributed by atoms with Gasteiger partial charge < -0.3 is 14.9 Å². The van der Waals surface area contributed by atoms with Crippen molar-refractivity contribution in [3.63, 3.8) is 0 Å². The molecule has 1 aromatic heterocycles. The normalized spacial score (nSPS) is 14.2. The number of aromatic hydroxyl groups is 1. The van der Waals surface area contributed by atoms with E-state index in [1.807, 2.05) is 30.3 Å². The van der Waals surface area contributed by atoms with E-state index in [0.29, 0.717) is 17.7 Å². The number of ether oxygens (including phenoxy) is 1. The number of carbonyl (C=O) groups is 2. The summed E-state index contributed by atoms with van der Waals surface area (Å²) < 4.78 is 6.82. The van der Waals surface area contributed by atoms with Gasteiger partial charge in [0.25, 0.3) is 0 Å². The van der Waals surface area contributed by atoms with E-state index in [-0.39, 0.29) is 11.5 Å². The number of thiophene rings is 1. The number of piperidine rings is 1. The molecule has 0 radical (unpaired) electrons. The molecule has 2 N–H and O–H groups in total. The van der Waals surface area contributed by atoms with Gasteiger partial charge in [-0.25, -0.2) is 4.79 Å². The van der Waals surface area contributed by atoms with Crippen LogP contribution in [0.25, 0.3) is 26.6 Å². The maximum Gasteiger partial charge on any atom is 0.328 e. The van der Waals surface area contributed by atoms with Gasteiger partial charge in [-0.3, -0.25) is 9.69 Å². The quantitative estimate of drug-likeness (QED) is 0.192. The number of carboxylic acid groups (broad SMARTS) is 1. The Kier molecular flexibility index (Phi) is 7.86. The minimum atomic E-state index is -1.02. The fourth-order valence-corrected chi connectivity index (χ4v) is 6.00. The molecule has 1 saturated heterocycles. The first kappa shape index (κ1) is 25.7. The molecule has 0 unspecified atom stereocenters. The van der Waals surface area contributed by atoms with E-state index in [1.54, 1.807) is 36.4 Å². The number of ketones is 1. The molecule has 2 heterocycles. The van der Waals surface area contributed by atoms with E-state index in [2.05, 4.69) is 4.90 Å². The third kappa shape index (κ3) is 5.96. The van der Waals surface area contributed by atoms with Gasteiger partial charge in [0.2, 0.25) is 0 Å². The average molecular weight is 528 g/mol. The molecule has 0 bridgehead atoms. The molecule has 0 aliphatic carbocycles. The van der Waals surface area contributed by atoms with E-state index in [9.17, 15) is 14.7 Å². The lowest BCUT2D eigenvalue weighted by molar-refractivity contribution is -0.131. The first-order valence-electron chi connectivity index (χ1n) is 12.7. The monoisotopic (exact) mass is 527 g/mol. The summed E-state index contributed by atoms with van der Waals surface area (Å²) in [5.41, 5.74) is 2.71. The molecule has 7 heteroatoms. The van der Waals surface area contributed by atoms with Gasteiger partial charge in [0.1, 0.15) is 18.1 Å². The van der Waals surface area contributed by atoms with Crippen LogP contribution in [-0.2, 0) is 4.79 Å². The molecule has 5 rings (SSSR count). The summed E-state index contributed by atoms with van der Waals surface area (Å²) in [4.78, 5) is 28.0. The van der Waals surface area contributed by atoms with Gasteiger partial charge >= 0.3 is 5.97 Å². The Bertz CT molecular complexity index is 1460. The Morgan fingerprint density at radius 3 is 2.39 bits per heavy atom. The summed E-state index contributed by atoms with van der Waals surface area (Å²) in [6.07, 6.45) is 6.44. The van der Waals surface area contributed by atoms with Gasteiger partial charge in [-0.05, 0) is 97.7 Å². The minimum absolute atomic E-state index is 0.104. The fraction of sp³-hybridized carbons (Fsp3) is 0.226. The molecule has 0 spiro atoms. The second kappa shape index (κ2) is 11.6. The molecular weight excluding hydrogens is 498 g/mol. The van der Waals surface area contributed by atoms with Gasteiger partial charge in [-0.1, -0.05) is 18.6 Å². The van der Waals surface area contributed by atoms with Crippen molar-refractivity contribution in [2.75, 3.05) is 26.2 Å². The van der Waals surface area contributed by atoms with E-state index in [4.69, 9.17) is 9.84 Å². The highest BCUT2D eigenvalue weighted by Crippen LogP contribution is 2.41. The number of phenols is 1. The summed E-state index contributed by atoms with van der Waals surface area (Å²) in [6.45, 7) is 3.78. The van der Waals surface area contributed by atoms with Crippen LogP contribution in [0.4, 0.5) is 0 Å². The zero-order valence-electron chi connectivity index (χ0n) is 20.9. The Hall–Kier alpha value is -3.94. The number of carbonyl (C=O) groups excluding carboxylic acids is 1. The van der Waals surface area contributed by atoms with Crippen molar-refractivity contribution >= 4 is 39.3 Å². The molecule has 0 saturated carbocycles. The third-order valence-electron chi connectivity index (χ3n) is 6.73. The van der Waals surface area contributed by atoms with Gasteiger partial charge in [-0.15, -0.1) is 11.3 Å². The number of rotatable bonds is 9.